The fourth-order valence-electron chi connectivity index (χ4n) is 1.03. The molecule has 0 aliphatic heterocycles. The number of benzene rings is 1. The largest absolute Gasteiger partial charge is 0.298 e. The van der Waals surface area contributed by atoms with E-state index in [4.69, 9.17) is 0 Å². The molecule has 1 aromatic carbocycles. The van der Waals surface area contributed by atoms with Crippen molar-refractivity contribution in [2.45, 2.75) is 13.3 Å². The number of thiol groups is 1. The first-order chi connectivity index (χ1) is 6.13. The predicted octanol–water partition coefficient (Wildman–Crippen LogP) is 2.18. The van der Waals surface area contributed by atoms with Crippen LogP contribution in [-0.2, 0) is 11.2 Å². The molecule has 0 radical (unpaired) electrons. The Morgan fingerprint density at radius 1 is 1.54 bits per heavy atom. The van der Waals surface area contributed by atoms with Crippen molar-refractivity contribution < 1.29 is 9.18 Å². The van der Waals surface area contributed by atoms with Crippen molar-refractivity contribution in [3.05, 3.63) is 35.1 Å². The zero-order valence-corrected chi connectivity index (χ0v) is 8.27. The highest BCUT2D eigenvalue weighted by molar-refractivity contribution is 7.81. The summed E-state index contributed by atoms with van der Waals surface area (Å²) in [7, 11) is 0. The minimum atomic E-state index is -0.260. The van der Waals surface area contributed by atoms with E-state index in [1.54, 1.807) is 19.1 Å². The smallest absolute Gasteiger partial charge is 0.146 e. The molecule has 0 bridgehead atoms. The molecular weight excluding hydrogens is 187 g/mol. The zero-order chi connectivity index (χ0) is 9.84. The van der Waals surface area contributed by atoms with Crippen LogP contribution in [0.1, 0.15) is 11.1 Å². The molecule has 0 spiro atoms. The number of ketones is 1. The summed E-state index contributed by atoms with van der Waals surface area (Å²) in [5.41, 5.74) is 1.31. The summed E-state index contributed by atoms with van der Waals surface area (Å²) in [5, 5.41) is 0. The van der Waals surface area contributed by atoms with Crippen molar-refractivity contribution in [3.8, 4) is 0 Å². The molecule has 1 aromatic rings. The van der Waals surface area contributed by atoms with E-state index in [0.717, 1.165) is 0 Å². The molecule has 0 heterocycles. The lowest BCUT2D eigenvalue weighted by Gasteiger charge is -2.00. The maximum Gasteiger partial charge on any atom is 0.146 e. The second-order valence-electron chi connectivity index (χ2n) is 2.96. The van der Waals surface area contributed by atoms with Gasteiger partial charge >= 0.3 is 0 Å². The quantitative estimate of drug-likeness (QED) is 0.737. The Labute approximate surface area is 82.4 Å². The van der Waals surface area contributed by atoms with Crippen molar-refractivity contribution in [3.63, 3.8) is 0 Å². The van der Waals surface area contributed by atoms with Crippen LogP contribution < -0.4 is 0 Å². The average Bonchev–Trinajstić information content (AvgIpc) is 2.11. The molecule has 0 aliphatic carbocycles. The molecule has 1 nitrogen and oxygen atoms in total. The number of hydrogen-bond acceptors (Lipinski definition) is 2. The lowest BCUT2D eigenvalue weighted by Crippen LogP contribution is -2.04. The topological polar surface area (TPSA) is 17.1 Å². The fraction of sp³-hybridized carbons (Fsp3) is 0.300. The van der Waals surface area contributed by atoms with Crippen LogP contribution in [0.4, 0.5) is 4.39 Å². The van der Waals surface area contributed by atoms with Gasteiger partial charge in [0.15, 0.2) is 0 Å². The molecule has 0 aliphatic rings. The van der Waals surface area contributed by atoms with Crippen LogP contribution in [0, 0.1) is 12.7 Å². The summed E-state index contributed by atoms with van der Waals surface area (Å²) in [6.45, 7) is 1.69. The highest BCUT2D eigenvalue weighted by Crippen LogP contribution is 2.09. The summed E-state index contributed by atoms with van der Waals surface area (Å²) < 4.78 is 13.0. The number of aryl methyl sites for hydroxylation is 1. The van der Waals surface area contributed by atoms with Crippen LogP contribution in [0.3, 0.4) is 0 Å². The second-order valence-corrected chi connectivity index (χ2v) is 3.27. The molecule has 0 saturated carbocycles. The van der Waals surface area contributed by atoms with Crippen molar-refractivity contribution in [1.82, 2.24) is 0 Å². The summed E-state index contributed by atoms with van der Waals surface area (Å²) in [5.74, 6) is -0.0498. The van der Waals surface area contributed by atoms with Crippen molar-refractivity contribution in [1.29, 1.82) is 0 Å². The first kappa shape index (κ1) is 10.3. The Morgan fingerprint density at radius 2 is 2.23 bits per heavy atom. The molecule has 1 rings (SSSR count). The predicted molar refractivity (Wildman–Crippen MR) is 53.7 cm³/mol. The van der Waals surface area contributed by atoms with Gasteiger partial charge in [-0.25, -0.2) is 4.39 Å². The number of carbonyl (C=O) groups excluding carboxylic acids is 1. The third kappa shape index (κ3) is 2.84. The van der Waals surface area contributed by atoms with Gasteiger partial charge in [-0.1, -0.05) is 12.1 Å². The molecule has 0 aromatic heterocycles. The van der Waals surface area contributed by atoms with E-state index in [-0.39, 0.29) is 23.8 Å². The normalized spacial score (nSPS) is 10.1. The van der Waals surface area contributed by atoms with Gasteiger partial charge in [0.05, 0.1) is 0 Å². The van der Waals surface area contributed by atoms with Crippen LogP contribution in [0.25, 0.3) is 0 Å². The third-order valence-corrected chi connectivity index (χ3v) is 2.17. The molecular formula is C10H11FOS. The fourth-order valence-corrected chi connectivity index (χ4v) is 1.14. The first-order valence-electron chi connectivity index (χ1n) is 4.01. The number of halogens is 1. The van der Waals surface area contributed by atoms with Gasteiger partial charge in [0, 0.05) is 12.2 Å². The van der Waals surface area contributed by atoms with E-state index in [1.165, 1.54) is 6.07 Å². The zero-order valence-electron chi connectivity index (χ0n) is 7.38. The van der Waals surface area contributed by atoms with Gasteiger partial charge in [0.2, 0.25) is 0 Å². The summed E-state index contributed by atoms with van der Waals surface area (Å²) >= 11 is 3.85. The molecule has 13 heavy (non-hydrogen) atoms. The van der Waals surface area contributed by atoms with Crippen LogP contribution >= 0.6 is 12.6 Å². The Morgan fingerprint density at radius 3 is 2.77 bits per heavy atom. The molecule has 0 saturated heterocycles. The van der Waals surface area contributed by atoms with Crippen LogP contribution in [-0.4, -0.2) is 11.5 Å². The van der Waals surface area contributed by atoms with E-state index in [9.17, 15) is 9.18 Å². The van der Waals surface area contributed by atoms with Crippen molar-refractivity contribution in [2.24, 2.45) is 0 Å². The molecule has 3 heteroatoms. The van der Waals surface area contributed by atoms with Crippen LogP contribution in [0.5, 0.6) is 0 Å². The van der Waals surface area contributed by atoms with Gasteiger partial charge in [-0.15, -0.1) is 0 Å². The summed E-state index contributed by atoms with van der Waals surface area (Å²) in [6, 6.07) is 4.84. The maximum absolute atomic E-state index is 13.0. The number of rotatable bonds is 3. The molecule has 0 unspecified atom stereocenters. The SMILES string of the molecule is Cc1ccc(CC(=O)CS)cc1F. The maximum atomic E-state index is 13.0. The van der Waals surface area contributed by atoms with Crippen molar-refractivity contribution >= 4 is 18.4 Å². The number of carbonyl (C=O) groups is 1. The molecule has 0 atom stereocenters. The highest BCUT2D eigenvalue weighted by Gasteiger charge is 2.03. The molecule has 70 valence electrons. The number of Topliss-reactive ketones (excluding diaryl/α,β-unsaturated/α-hetero) is 1. The molecule has 0 fully saturated rings. The Hall–Kier alpha value is -0.830. The second kappa shape index (κ2) is 4.42. The summed E-state index contributed by atoms with van der Waals surface area (Å²) in [6.07, 6.45) is 0.265. The highest BCUT2D eigenvalue weighted by atomic mass is 32.1. The van der Waals surface area contributed by atoms with Gasteiger partial charge in [0.1, 0.15) is 11.6 Å². The minimum Gasteiger partial charge on any atom is -0.298 e. The lowest BCUT2D eigenvalue weighted by molar-refractivity contribution is -0.115. The van der Waals surface area contributed by atoms with Gasteiger partial charge in [-0.3, -0.25) is 4.79 Å². The molecule has 0 amide bonds. The molecule has 0 N–H and O–H groups in total. The van der Waals surface area contributed by atoms with Crippen LogP contribution in [0.15, 0.2) is 18.2 Å². The van der Waals surface area contributed by atoms with E-state index in [0.29, 0.717) is 11.1 Å². The van der Waals surface area contributed by atoms with E-state index >= 15 is 0 Å². The average molecular weight is 198 g/mol. The van der Waals surface area contributed by atoms with Gasteiger partial charge in [-0.05, 0) is 24.1 Å². The van der Waals surface area contributed by atoms with Crippen LogP contribution in [0.2, 0.25) is 0 Å². The minimum absolute atomic E-state index is 0.00610. The summed E-state index contributed by atoms with van der Waals surface area (Å²) in [4.78, 5) is 11.0. The third-order valence-electron chi connectivity index (χ3n) is 1.81. The lowest BCUT2D eigenvalue weighted by atomic mass is 10.1. The van der Waals surface area contributed by atoms with Gasteiger partial charge < -0.3 is 0 Å². The van der Waals surface area contributed by atoms with E-state index in [1.807, 2.05) is 0 Å². The van der Waals surface area contributed by atoms with Crippen molar-refractivity contribution in [2.75, 3.05) is 5.75 Å². The van der Waals surface area contributed by atoms with E-state index < -0.39 is 0 Å². The Kier molecular flexibility index (Phi) is 3.48. The Balaban J connectivity index is 2.79. The number of hydrogen-bond donors (Lipinski definition) is 1. The monoisotopic (exact) mass is 198 g/mol. The Bertz CT molecular complexity index is 323. The standard InChI is InChI=1S/C10H11FOS/c1-7-2-3-8(5-10(7)11)4-9(12)6-13/h2-3,5,13H,4,6H2,1H3. The first-order valence-corrected chi connectivity index (χ1v) is 4.64. The van der Waals surface area contributed by atoms with E-state index in [2.05, 4.69) is 12.6 Å². The van der Waals surface area contributed by atoms with Gasteiger partial charge in [-0.2, -0.15) is 12.6 Å². The van der Waals surface area contributed by atoms with Gasteiger partial charge in [0.25, 0.3) is 0 Å².